The molecule has 0 radical (unpaired) electrons. The molecule has 2 aromatic carbocycles. The molecular formula is C13H6BrF3O. The fourth-order valence-corrected chi connectivity index (χ4v) is 2.02. The first-order valence-electron chi connectivity index (χ1n) is 4.94. The van der Waals surface area contributed by atoms with Crippen LogP contribution in [0.2, 0.25) is 0 Å². The molecule has 1 nitrogen and oxygen atoms in total. The standard InChI is InChI=1S/C13H6BrF3O/c14-11-6-8(16)1-3-9(11)13(18)10-5-7(15)2-4-12(10)17/h1-6H. The summed E-state index contributed by atoms with van der Waals surface area (Å²) >= 11 is 3.01. The lowest BCUT2D eigenvalue weighted by Gasteiger charge is -2.05. The van der Waals surface area contributed by atoms with Crippen LogP contribution in [-0.2, 0) is 0 Å². The molecule has 0 atom stereocenters. The minimum absolute atomic E-state index is 0.0703. The number of halogens is 4. The summed E-state index contributed by atoms with van der Waals surface area (Å²) in [4.78, 5) is 12.0. The van der Waals surface area contributed by atoms with E-state index in [2.05, 4.69) is 15.9 Å². The second kappa shape index (κ2) is 4.94. The van der Waals surface area contributed by atoms with Crippen molar-refractivity contribution in [2.75, 3.05) is 0 Å². The van der Waals surface area contributed by atoms with E-state index < -0.39 is 23.2 Å². The predicted octanol–water partition coefficient (Wildman–Crippen LogP) is 4.10. The van der Waals surface area contributed by atoms with E-state index in [9.17, 15) is 18.0 Å². The van der Waals surface area contributed by atoms with Gasteiger partial charge < -0.3 is 0 Å². The highest BCUT2D eigenvalue weighted by atomic mass is 79.9. The van der Waals surface area contributed by atoms with Gasteiger partial charge in [0.2, 0.25) is 0 Å². The Bertz CT molecular complexity index is 626. The van der Waals surface area contributed by atoms with E-state index in [4.69, 9.17) is 0 Å². The topological polar surface area (TPSA) is 17.1 Å². The SMILES string of the molecule is O=C(c1cc(F)ccc1F)c1ccc(F)cc1Br. The second-order valence-electron chi connectivity index (χ2n) is 3.58. The summed E-state index contributed by atoms with van der Waals surface area (Å²) in [7, 11) is 0. The summed E-state index contributed by atoms with van der Waals surface area (Å²) in [6, 6.07) is 5.99. The summed E-state index contributed by atoms with van der Waals surface area (Å²) in [5.74, 6) is -2.77. The van der Waals surface area contributed by atoms with Gasteiger partial charge in [0.1, 0.15) is 17.5 Å². The van der Waals surface area contributed by atoms with E-state index in [1.807, 2.05) is 0 Å². The van der Waals surface area contributed by atoms with Crippen LogP contribution in [0.15, 0.2) is 40.9 Å². The Hall–Kier alpha value is -1.62. The third-order valence-electron chi connectivity index (χ3n) is 2.35. The second-order valence-corrected chi connectivity index (χ2v) is 4.43. The molecule has 0 aromatic heterocycles. The zero-order valence-corrected chi connectivity index (χ0v) is 10.5. The quantitative estimate of drug-likeness (QED) is 0.763. The molecule has 0 N–H and O–H groups in total. The fourth-order valence-electron chi connectivity index (χ4n) is 1.49. The van der Waals surface area contributed by atoms with Crippen molar-refractivity contribution in [1.29, 1.82) is 0 Å². The van der Waals surface area contributed by atoms with Crippen LogP contribution in [0, 0.1) is 17.5 Å². The van der Waals surface area contributed by atoms with E-state index in [0.717, 1.165) is 30.3 Å². The lowest BCUT2D eigenvalue weighted by Crippen LogP contribution is -2.06. The Morgan fingerprint density at radius 1 is 0.889 bits per heavy atom. The van der Waals surface area contributed by atoms with Crippen LogP contribution in [0.5, 0.6) is 0 Å². The van der Waals surface area contributed by atoms with Gasteiger partial charge in [0.15, 0.2) is 5.78 Å². The van der Waals surface area contributed by atoms with E-state index in [1.165, 1.54) is 6.07 Å². The zero-order valence-electron chi connectivity index (χ0n) is 8.88. The number of hydrogen-bond donors (Lipinski definition) is 0. The van der Waals surface area contributed by atoms with Crippen molar-refractivity contribution in [1.82, 2.24) is 0 Å². The molecule has 0 amide bonds. The Balaban J connectivity index is 2.51. The van der Waals surface area contributed by atoms with Crippen molar-refractivity contribution >= 4 is 21.7 Å². The van der Waals surface area contributed by atoms with Gasteiger partial charge >= 0.3 is 0 Å². The summed E-state index contributed by atoms with van der Waals surface area (Å²) in [5, 5.41) is 0. The summed E-state index contributed by atoms with van der Waals surface area (Å²) in [6.45, 7) is 0. The van der Waals surface area contributed by atoms with E-state index >= 15 is 0 Å². The van der Waals surface area contributed by atoms with Crippen LogP contribution < -0.4 is 0 Å². The number of ketones is 1. The average Bonchev–Trinajstić information content (AvgIpc) is 2.31. The number of carbonyl (C=O) groups excluding carboxylic acids is 1. The van der Waals surface area contributed by atoms with Gasteiger partial charge in [-0.3, -0.25) is 4.79 Å². The maximum Gasteiger partial charge on any atom is 0.197 e. The van der Waals surface area contributed by atoms with Gasteiger partial charge in [-0.15, -0.1) is 0 Å². The Labute approximate surface area is 109 Å². The lowest BCUT2D eigenvalue weighted by molar-refractivity contribution is 0.103. The molecule has 0 aliphatic rings. The van der Waals surface area contributed by atoms with Gasteiger partial charge in [-0.25, -0.2) is 13.2 Å². The molecule has 0 aliphatic carbocycles. The summed E-state index contributed by atoms with van der Waals surface area (Å²) < 4.78 is 39.5. The van der Waals surface area contributed by atoms with Crippen LogP contribution in [-0.4, -0.2) is 5.78 Å². The van der Waals surface area contributed by atoms with Crippen molar-refractivity contribution in [3.63, 3.8) is 0 Å². The van der Waals surface area contributed by atoms with Crippen molar-refractivity contribution in [3.05, 3.63) is 69.4 Å². The first-order valence-corrected chi connectivity index (χ1v) is 5.73. The monoisotopic (exact) mass is 314 g/mol. The molecule has 0 aliphatic heterocycles. The van der Waals surface area contributed by atoms with Gasteiger partial charge in [-0.1, -0.05) is 0 Å². The van der Waals surface area contributed by atoms with Gasteiger partial charge in [-0.05, 0) is 52.3 Å². The fraction of sp³-hybridized carbons (Fsp3) is 0. The molecule has 92 valence electrons. The molecule has 0 heterocycles. The predicted molar refractivity (Wildman–Crippen MR) is 63.9 cm³/mol. The maximum atomic E-state index is 13.4. The molecule has 2 aromatic rings. The highest BCUT2D eigenvalue weighted by molar-refractivity contribution is 9.10. The van der Waals surface area contributed by atoms with Crippen LogP contribution in [0.4, 0.5) is 13.2 Å². The van der Waals surface area contributed by atoms with Gasteiger partial charge in [0.05, 0.1) is 5.56 Å². The number of carbonyl (C=O) groups is 1. The molecule has 0 fully saturated rings. The molecule has 18 heavy (non-hydrogen) atoms. The Kier molecular flexibility index (Phi) is 3.52. The third-order valence-corrected chi connectivity index (χ3v) is 3.00. The van der Waals surface area contributed by atoms with Crippen LogP contribution in [0.25, 0.3) is 0 Å². The van der Waals surface area contributed by atoms with Crippen molar-refractivity contribution in [2.24, 2.45) is 0 Å². The zero-order chi connectivity index (χ0) is 13.3. The lowest BCUT2D eigenvalue weighted by atomic mass is 10.0. The Morgan fingerprint density at radius 3 is 2.17 bits per heavy atom. The number of rotatable bonds is 2. The highest BCUT2D eigenvalue weighted by Gasteiger charge is 2.17. The molecule has 0 unspecified atom stereocenters. The van der Waals surface area contributed by atoms with E-state index in [1.54, 1.807) is 0 Å². The van der Waals surface area contributed by atoms with Crippen molar-refractivity contribution in [3.8, 4) is 0 Å². The van der Waals surface area contributed by atoms with Crippen LogP contribution in [0.3, 0.4) is 0 Å². The molecule has 5 heteroatoms. The highest BCUT2D eigenvalue weighted by Crippen LogP contribution is 2.22. The number of benzene rings is 2. The number of hydrogen-bond acceptors (Lipinski definition) is 1. The smallest absolute Gasteiger partial charge is 0.197 e. The van der Waals surface area contributed by atoms with Gasteiger partial charge in [-0.2, -0.15) is 0 Å². The van der Waals surface area contributed by atoms with Crippen LogP contribution >= 0.6 is 15.9 Å². The summed E-state index contributed by atoms with van der Waals surface area (Å²) in [5.41, 5.74) is -0.316. The van der Waals surface area contributed by atoms with E-state index in [0.29, 0.717) is 0 Å². The van der Waals surface area contributed by atoms with E-state index in [-0.39, 0.29) is 15.6 Å². The molecule has 0 saturated carbocycles. The molecule has 0 spiro atoms. The van der Waals surface area contributed by atoms with Crippen molar-refractivity contribution < 1.29 is 18.0 Å². The third kappa shape index (κ3) is 2.46. The van der Waals surface area contributed by atoms with Gasteiger partial charge in [0, 0.05) is 10.0 Å². The molecular weight excluding hydrogens is 309 g/mol. The largest absolute Gasteiger partial charge is 0.288 e. The van der Waals surface area contributed by atoms with Crippen LogP contribution in [0.1, 0.15) is 15.9 Å². The Morgan fingerprint density at radius 2 is 1.50 bits per heavy atom. The first kappa shape index (κ1) is 12.8. The minimum atomic E-state index is -0.822. The molecule has 2 rings (SSSR count). The first-order chi connectivity index (χ1) is 8.49. The van der Waals surface area contributed by atoms with Gasteiger partial charge in [0.25, 0.3) is 0 Å². The summed E-state index contributed by atoms with van der Waals surface area (Å²) in [6.07, 6.45) is 0. The average molecular weight is 315 g/mol. The normalized spacial score (nSPS) is 10.4. The minimum Gasteiger partial charge on any atom is -0.288 e. The van der Waals surface area contributed by atoms with Crippen molar-refractivity contribution in [2.45, 2.75) is 0 Å². The molecule has 0 bridgehead atoms. The maximum absolute atomic E-state index is 13.4. The molecule has 0 saturated heterocycles.